The number of amides is 1. The van der Waals surface area contributed by atoms with Gasteiger partial charge in [0.05, 0.1) is 12.7 Å². The van der Waals surface area contributed by atoms with Crippen molar-refractivity contribution in [2.75, 3.05) is 27.4 Å². The Morgan fingerprint density at radius 1 is 1.41 bits per heavy atom. The minimum atomic E-state index is -0.284. The summed E-state index contributed by atoms with van der Waals surface area (Å²) in [5.74, 6) is 0.00699. The average molecular weight is 244 g/mol. The molecule has 1 fully saturated rings. The maximum absolute atomic E-state index is 11.7. The zero-order chi connectivity index (χ0) is 12.7. The summed E-state index contributed by atoms with van der Waals surface area (Å²) in [5.41, 5.74) is 5.86. The van der Waals surface area contributed by atoms with Gasteiger partial charge < -0.3 is 20.5 Å². The van der Waals surface area contributed by atoms with Gasteiger partial charge in [0.25, 0.3) is 0 Å². The molecule has 0 aliphatic heterocycles. The molecule has 1 aliphatic carbocycles. The van der Waals surface area contributed by atoms with Gasteiger partial charge in [-0.1, -0.05) is 12.8 Å². The summed E-state index contributed by atoms with van der Waals surface area (Å²) in [6.07, 6.45) is 4.48. The van der Waals surface area contributed by atoms with Crippen LogP contribution < -0.4 is 11.1 Å². The minimum Gasteiger partial charge on any atom is -0.382 e. The third kappa shape index (κ3) is 5.02. The fraction of sp³-hybridized carbons (Fsp3) is 0.917. The highest BCUT2D eigenvalue weighted by molar-refractivity contribution is 5.77. The highest BCUT2D eigenvalue weighted by atomic mass is 16.5. The van der Waals surface area contributed by atoms with Gasteiger partial charge in [-0.2, -0.15) is 0 Å². The van der Waals surface area contributed by atoms with Crippen LogP contribution in [0.25, 0.3) is 0 Å². The van der Waals surface area contributed by atoms with Gasteiger partial charge in [-0.25, -0.2) is 0 Å². The average Bonchev–Trinajstić information content (AvgIpc) is 2.70. The molecule has 0 aromatic rings. The fourth-order valence-corrected chi connectivity index (χ4v) is 2.26. The van der Waals surface area contributed by atoms with Crippen LogP contribution >= 0.6 is 0 Å². The predicted molar refractivity (Wildman–Crippen MR) is 65.7 cm³/mol. The minimum absolute atomic E-state index is 0.00699. The molecule has 1 amide bonds. The van der Waals surface area contributed by atoms with E-state index < -0.39 is 0 Å². The summed E-state index contributed by atoms with van der Waals surface area (Å²) >= 11 is 0. The summed E-state index contributed by atoms with van der Waals surface area (Å²) in [6.45, 7) is 0.948. The van der Waals surface area contributed by atoms with Gasteiger partial charge in [-0.15, -0.1) is 0 Å². The Morgan fingerprint density at radius 3 is 2.59 bits per heavy atom. The van der Waals surface area contributed by atoms with E-state index in [1.807, 2.05) is 0 Å². The van der Waals surface area contributed by atoms with Gasteiger partial charge >= 0.3 is 0 Å². The van der Waals surface area contributed by atoms with E-state index in [1.165, 1.54) is 0 Å². The van der Waals surface area contributed by atoms with E-state index in [-0.39, 0.29) is 17.6 Å². The summed E-state index contributed by atoms with van der Waals surface area (Å²) in [6, 6.07) is 0. The molecule has 3 N–H and O–H groups in total. The predicted octanol–water partition coefficient (Wildman–Crippen LogP) is 0.426. The molecule has 100 valence electrons. The Bertz CT molecular complexity index is 240. The molecule has 1 rings (SSSR count). The highest BCUT2D eigenvalue weighted by Crippen LogP contribution is 2.29. The van der Waals surface area contributed by atoms with E-state index in [0.717, 1.165) is 25.7 Å². The molecule has 1 atom stereocenters. The zero-order valence-electron chi connectivity index (χ0n) is 10.8. The van der Waals surface area contributed by atoms with Crippen molar-refractivity contribution in [2.24, 2.45) is 5.73 Å². The Balaban J connectivity index is 2.24. The standard InChI is InChI=1S/C12H24N2O3/c1-16-9-10(17-2)8-14-11(15)7-12(13)5-3-4-6-12/h10H,3-9,13H2,1-2H3,(H,14,15). The van der Waals surface area contributed by atoms with E-state index in [2.05, 4.69) is 5.32 Å². The number of rotatable bonds is 7. The van der Waals surface area contributed by atoms with Crippen molar-refractivity contribution >= 4 is 5.91 Å². The first-order chi connectivity index (χ1) is 8.09. The highest BCUT2D eigenvalue weighted by Gasteiger charge is 2.31. The molecule has 1 aliphatic rings. The Labute approximate surface area is 103 Å². The summed E-state index contributed by atoms with van der Waals surface area (Å²) in [7, 11) is 3.22. The molecule has 5 heteroatoms. The molecule has 0 radical (unpaired) electrons. The number of carbonyl (C=O) groups excluding carboxylic acids is 1. The molecule has 0 saturated heterocycles. The van der Waals surface area contributed by atoms with E-state index in [9.17, 15) is 4.79 Å². The van der Waals surface area contributed by atoms with E-state index in [4.69, 9.17) is 15.2 Å². The summed E-state index contributed by atoms with van der Waals surface area (Å²) in [4.78, 5) is 11.7. The molecule has 17 heavy (non-hydrogen) atoms. The van der Waals surface area contributed by atoms with Crippen molar-refractivity contribution < 1.29 is 14.3 Å². The molecule has 5 nitrogen and oxygen atoms in total. The number of ether oxygens (including phenoxy) is 2. The van der Waals surface area contributed by atoms with Crippen LogP contribution in [0.5, 0.6) is 0 Å². The lowest BCUT2D eigenvalue weighted by Crippen LogP contribution is -2.44. The molecular weight excluding hydrogens is 220 g/mol. The quantitative estimate of drug-likeness (QED) is 0.681. The van der Waals surface area contributed by atoms with Crippen LogP contribution in [0.4, 0.5) is 0 Å². The van der Waals surface area contributed by atoms with Crippen LogP contribution in [0.3, 0.4) is 0 Å². The van der Waals surface area contributed by atoms with Gasteiger partial charge in [-0.3, -0.25) is 4.79 Å². The first-order valence-corrected chi connectivity index (χ1v) is 6.17. The van der Waals surface area contributed by atoms with Crippen LogP contribution in [0, 0.1) is 0 Å². The third-order valence-electron chi connectivity index (χ3n) is 3.32. The van der Waals surface area contributed by atoms with E-state index >= 15 is 0 Å². The molecule has 1 saturated carbocycles. The lowest BCUT2D eigenvalue weighted by atomic mass is 9.94. The van der Waals surface area contributed by atoms with Crippen molar-refractivity contribution in [1.29, 1.82) is 0 Å². The van der Waals surface area contributed by atoms with Gasteiger partial charge in [-0.05, 0) is 12.8 Å². The lowest BCUT2D eigenvalue weighted by Gasteiger charge is -2.23. The summed E-state index contributed by atoms with van der Waals surface area (Å²) in [5, 5.41) is 2.85. The number of nitrogens with two attached hydrogens (primary N) is 1. The fourth-order valence-electron chi connectivity index (χ4n) is 2.26. The van der Waals surface area contributed by atoms with Crippen LogP contribution in [0.15, 0.2) is 0 Å². The van der Waals surface area contributed by atoms with Crippen molar-refractivity contribution in [3.05, 3.63) is 0 Å². The first-order valence-electron chi connectivity index (χ1n) is 6.17. The Morgan fingerprint density at radius 2 is 2.06 bits per heavy atom. The molecular formula is C12H24N2O3. The summed E-state index contributed by atoms with van der Waals surface area (Å²) < 4.78 is 10.1. The van der Waals surface area contributed by atoms with Crippen molar-refractivity contribution in [2.45, 2.75) is 43.7 Å². The number of carbonyl (C=O) groups is 1. The molecule has 0 spiro atoms. The van der Waals surface area contributed by atoms with Crippen LogP contribution in [-0.2, 0) is 14.3 Å². The molecule has 0 bridgehead atoms. The van der Waals surface area contributed by atoms with Gasteiger partial charge in [0.15, 0.2) is 0 Å². The van der Waals surface area contributed by atoms with Crippen molar-refractivity contribution in [3.8, 4) is 0 Å². The topological polar surface area (TPSA) is 73.6 Å². The van der Waals surface area contributed by atoms with E-state index in [1.54, 1.807) is 14.2 Å². The van der Waals surface area contributed by atoms with Crippen molar-refractivity contribution in [1.82, 2.24) is 5.32 Å². The third-order valence-corrected chi connectivity index (χ3v) is 3.32. The number of hydrogen-bond donors (Lipinski definition) is 2. The molecule has 0 heterocycles. The second kappa shape index (κ2) is 6.93. The second-order valence-electron chi connectivity index (χ2n) is 4.86. The second-order valence-corrected chi connectivity index (χ2v) is 4.86. The SMILES string of the molecule is COCC(CNC(=O)CC1(N)CCCC1)OC. The van der Waals surface area contributed by atoms with Gasteiger partial charge in [0.2, 0.25) is 5.91 Å². The van der Waals surface area contributed by atoms with Crippen LogP contribution in [0.1, 0.15) is 32.1 Å². The molecule has 0 aromatic heterocycles. The van der Waals surface area contributed by atoms with E-state index in [0.29, 0.717) is 19.6 Å². The van der Waals surface area contributed by atoms with Crippen LogP contribution in [0.2, 0.25) is 0 Å². The maximum Gasteiger partial charge on any atom is 0.221 e. The molecule has 1 unspecified atom stereocenters. The van der Waals surface area contributed by atoms with Gasteiger partial charge in [0, 0.05) is 32.7 Å². The number of methoxy groups -OCH3 is 2. The first kappa shape index (κ1) is 14.4. The zero-order valence-corrected chi connectivity index (χ0v) is 10.8. The Kier molecular flexibility index (Phi) is 5.88. The van der Waals surface area contributed by atoms with Crippen LogP contribution in [-0.4, -0.2) is 44.9 Å². The largest absolute Gasteiger partial charge is 0.382 e. The number of hydrogen-bond acceptors (Lipinski definition) is 4. The lowest BCUT2D eigenvalue weighted by molar-refractivity contribution is -0.123. The number of nitrogens with one attached hydrogen (secondary N) is 1. The Hall–Kier alpha value is -0.650. The normalized spacial score (nSPS) is 20.2. The molecule has 0 aromatic carbocycles. The monoisotopic (exact) mass is 244 g/mol. The smallest absolute Gasteiger partial charge is 0.221 e. The maximum atomic E-state index is 11.7. The van der Waals surface area contributed by atoms with Crippen molar-refractivity contribution in [3.63, 3.8) is 0 Å². The van der Waals surface area contributed by atoms with Gasteiger partial charge in [0.1, 0.15) is 0 Å².